The highest BCUT2D eigenvalue weighted by atomic mass is 16.3. The smallest absolute Gasteiger partial charge is 0.163 e. The van der Waals surface area contributed by atoms with Crippen LogP contribution in [-0.4, -0.2) is 24.3 Å². The fourth-order valence-electron chi connectivity index (χ4n) is 2.23. The molecule has 1 atom stereocenters. The van der Waals surface area contributed by atoms with Gasteiger partial charge in [-0.2, -0.15) is 15.8 Å². The molecule has 1 saturated heterocycles. The van der Waals surface area contributed by atoms with E-state index < -0.39 is 0 Å². The lowest BCUT2D eigenvalue weighted by Gasteiger charge is -2.21. The SMILES string of the molecule is N#CC(C#N)=C(C#N)Nc1ccccc1N1CCC(O)C1. The number of nitrogens with zero attached hydrogens (tertiary/aromatic N) is 4. The summed E-state index contributed by atoms with van der Waals surface area (Å²) in [7, 11) is 0. The molecule has 1 aromatic rings. The van der Waals surface area contributed by atoms with Crippen LogP contribution in [0.5, 0.6) is 0 Å². The zero-order valence-electron chi connectivity index (χ0n) is 11.2. The van der Waals surface area contributed by atoms with Gasteiger partial charge < -0.3 is 15.3 Å². The van der Waals surface area contributed by atoms with Gasteiger partial charge in [0.05, 0.1) is 17.5 Å². The van der Waals surface area contributed by atoms with Gasteiger partial charge in [0.1, 0.15) is 23.9 Å². The molecule has 6 nitrogen and oxygen atoms in total. The lowest BCUT2D eigenvalue weighted by molar-refractivity contribution is 0.198. The third-order valence-corrected chi connectivity index (χ3v) is 3.25. The quantitative estimate of drug-likeness (QED) is 0.812. The summed E-state index contributed by atoms with van der Waals surface area (Å²) in [5.41, 5.74) is 1.13. The van der Waals surface area contributed by atoms with Crippen LogP contribution in [-0.2, 0) is 0 Å². The monoisotopic (exact) mass is 279 g/mol. The molecule has 1 aliphatic rings. The molecule has 0 bridgehead atoms. The summed E-state index contributed by atoms with van der Waals surface area (Å²) in [4.78, 5) is 2.00. The van der Waals surface area contributed by atoms with Crippen molar-refractivity contribution in [1.82, 2.24) is 0 Å². The number of nitriles is 3. The first-order valence-corrected chi connectivity index (χ1v) is 6.43. The molecular weight excluding hydrogens is 266 g/mol. The topological polar surface area (TPSA) is 107 Å². The second-order valence-corrected chi connectivity index (χ2v) is 4.62. The van der Waals surface area contributed by atoms with Gasteiger partial charge in [0.2, 0.25) is 0 Å². The average Bonchev–Trinajstić information content (AvgIpc) is 2.94. The fraction of sp³-hybridized carbons (Fsp3) is 0.267. The summed E-state index contributed by atoms with van der Waals surface area (Å²) in [5, 5.41) is 39.3. The van der Waals surface area contributed by atoms with Gasteiger partial charge in [0, 0.05) is 13.1 Å². The lowest BCUT2D eigenvalue weighted by Crippen LogP contribution is -2.22. The van der Waals surface area contributed by atoms with Crippen LogP contribution in [0.3, 0.4) is 0 Å². The van der Waals surface area contributed by atoms with E-state index >= 15 is 0 Å². The maximum atomic E-state index is 9.63. The number of hydrogen-bond acceptors (Lipinski definition) is 6. The summed E-state index contributed by atoms with van der Waals surface area (Å²) < 4.78 is 0. The number of aliphatic hydroxyl groups excluding tert-OH is 1. The van der Waals surface area contributed by atoms with E-state index in [2.05, 4.69) is 5.32 Å². The number of benzene rings is 1. The summed E-state index contributed by atoms with van der Waals surface area (Å²) in [6.45, 7) is 1.24. The number of nitrogens with one attached hydrogen (secondary N) is 1. The van der Waals surface area contributed by atoms with Crippen LogP contribution in [0.25, 0.3) is 0 Å². The van der Waals surface area contributed by atoms with E-state index in [1.54, 1.807) is 24.3 Å². The van der Waals surface area contributed by atoms with Crippen LogP contribution < -0.4 is 10.2 Å². The van der Waals surface area contributed by atoms with E-state index in [-0.39, 0.29) is 17.4 Å². The van der Waals surface area contributed by atoms with Gasteiger partial charge in [0.25, 0.3) is 0 Å². The number of aliphatic hydroxyl groups is 1. The van der Waals surface area contributed by atoms with Gasteiger partial charge >= 0.3 is 0 Å². The van der Waals surface area contributed by atoms with Gasteiger partial charge in [-0.25, -0.2) is 0 Å². The van der Waals surface area contributed by atoms with Gasteiger partial charge in [-0.1, -0.05) is 12.1 Å². The molecule has 0 amide bonds. The van der Waals surface area contributed by atoms with Crippen molar-refractivity contribution >= 4 is 11.4 Å². The predicted octanol–water partition coefficient (Wildman–Crippen LogP) is 1.49. The second kappa shape index (κ2) is 6.43. The molecule has 0 aliphatic carbocycles. The molecule has 6 heteroatoms. The number of anilines is 2. The minimum Gasteiger partial charge on any atom is -0.391 e. The fourth-order valence-corrected chi connectivity index (χ4v) is 2.23. The highest BCUT2D eigenvalue weighted by Gasteiger charge is 2.22. The summed E-state index contributed by atoms with van der Waals surface area (Å²) >= 11 is 0. The van der Waals surface area contributed by atoms with Crippen LogP contribution in [0.1, 0.15) is 6.42 Å². The molecule has 1 heterocycles. The Balaban J connectivity index is 2.34. The first-order chi connectivity index (χ1) is 10.2. The zero-order valence-corrected chi connectivity index (χ0v) is 11.2. The standard InChI is InChI=1S/C15H13N5O/c16-7-11(8-17)14(9-18)19-13-3-1-2-4-15(13)20-6-5-12(21)10-20/h1-4,12,19,21H,5-6,10H2. The molecule has 1 aliphatic heterocycles. The molecule has 2 N–H and O–H groups in total. The highest BCUT2D eigenvalue weighted by Crippen LogP contribution is 2.29. The predicted molar refractivity (Wildman–Crippen MR) is 76.8 cm³/mol. The zero-order chi connectivity index (χ0) is 15.2. The summed E-state index contributed by atoms with van der Waals surface area (Å²) in [5.74, 6) is 0. The number of β-amino-alcohol motifs (C(OH)–C–C–N with tert-alkyl or cyclic N) is 1. The maximum Gasteiger partial charge on any atom is 0.163 e. The highest BCUT2D eigenvalue weighted by molar-refractivity contribution is 5.74. The largest absolute Gasteiger partial charge is 0.391 e. The van der Waals surface area contributed by atoms with E-state index in [1.807, 2.05) is 23.1 Å². The Bertz CT molecular complexity index is 673. The Labute approximate surface area is 122 Å². The molecule has 0 spiro atoms. The molecule has 1 aromatic carbocycles. The molecule has 0 saturated carbocycles. The molecule has 0 radical (unpaired) electrons. The van der Waals surface area contributed by atoms with Crippen LogP contribution in [0, 0.1) is 34.0 Å². The van der Waals surface area contributed by atoms with E-state index in [4.69, 9.17) is 15.8 Å². The van der Waals surface area contributed by atoms with Crippen molar-refractivity contribution in [2.45, 2.75) is 12.5 Å². The first-order valence-electron chi connectivity index (χ1n) is 6.43. The first kappa shape index (κ1) is 14.4. The maximum absolute atomic E-state index is 9.63. The minimum atomic E-state index is -0.363. The average molecular weight is 279 g/mol. The van der Waals surface area contributed by atoms with Crippen molar-refractivity contribution < 1.29 is 5.11 Å². The molecule has 21 heavy (non-hydrogen) atoms. The molecular formula is C15H13N5O. The van der Waals surface area contributed by atoms with Crippen LogP contribution in [0.15, 0.2) is 35.5 Å². The summed E-state index contributed by atoms with van der Waals surface area (Å²) in [6.07, 6.45) is 0.328. The van der Waals surface area contributed by atoms with Crippen LogP contribution in [0.4, 0.5) is 11.4 Å². The van der Waals surface area contributed by atoms with E-state index in [9.17, 15) is 5.11 Å². The number of rotatable bonds is 3. The third kappa shape index (κ3) is 3.12. The van der Waals surface area contributed by atoms with E-state index in [0.717, 1.165) is 12.2 Å². The van der Waals surface area contributed by atoms with Crippen molar-refractivity contribution in [1.29, 1.82) is 15.8 Å². The Morgan fingerprint density at radius 1 is 1.19 bits per heavy atom. The molecule has 0 aromatic heterocycles. The molecule has 1 fully saturated rings. The number of allylic oxidation sites excluding steroid dienone is 2. The normalized spacial score (nSPS) is 16.5. The Morgan fingerprint density at radius 2 is 1.90 bits per heavy atom. The minimum absolute atomic E-state index is 0.0767. The molecule has 2 rings (SSSR count). The van der Waals surface area contributed by atoms with Crippen molar-refractivity contribution in [3.05, 3.63) is 35.5 Å². The van der Waals surface area contributed by atoms with E-state index in [0.29, 0.717) is 18.7 Å². The Hall–Kier alpha value is -3.01. The van der Waals surface area contributed by atoms with Gasteiger partial charge in [-0.05, 0) is 18.6 Å². The van der Waals surface area contributed by atoms with Crippen molar-refractivity contribution in [3.8, 4) is 18.2 Å². The molecule has 104 valence electrons. The lowest BCUT2D eigenvalue weighted by atomic mass is 10.2. The van der Waals surface area contributed by atoms with Crippen LogP contribution in [0.2, 0.25) is 0 Å². The summed E-state index contributed by atoms with van der Waals surface area (Å²) in [6, 6.07) is 12.5. The number of hydrogen-bond donors (Lipinski definition) is 2. The van der Waals surface area contributed by atoms with Gasteiger partial charge in [-0.15, -0.1) is 0 Å². The van der Waals surface area contributed by atoms with Crippen LogP contribution >= 0.6 is 0 Å². The Morgan fingerprint density at radius 3 is 2.48 bits per heavy atom. The van der Waals surface area contributed by atoms with Crippen molar-refractivity contribution in [2.75, 3.05) is 23.3 Å². The van der Waals surface area contributed by atoms with Gasteiger partial charge in [0.15, 0.2) is 5.57 Å². The van der Waals surface area contributed by atoms with Crippen molar-refractivity contribution in [2.24, 2.45) is 0 Å². The van der Waals surface area contributed by atoms with Gasteiger partial charge in [-0.3, -0.25) is 0 Å². The van der Waals surface area contributed by atoms with Crippen molar-refractivity contribution in [3.63, 3.8) is 0 Å². The second-order valence-electron chi connectivity index (χ2n) is 4.62. The Kier molecular flexibility index (Phi) is 4.41. The number of para-hydroxylation sites is 2. The third-order valence-electron chi connectivity index (χ3n) is 3.25. The molecule has 1 unspecified atom stereocenters. The van der Waals surface area contributed by atoms with E-state index in [1.165, 1.54) is 0 Å².